The van der Waals surface area contributed by atoms with Gasteiger partial charge in [0.1, 0.15) is 11.3 Å². The number of halogens is 1. The van der Waals surface area contributed by atoms with E-state index >= 15 is 0 Å². The van der Waals surface area contributed by atoms with Gasteiger partial charge in [-0.15, -0.1) is 0 Å². The Morgan fingerprint density at radius 2 is 2.09 bits per heavy atom. The molecule has 1 heterocycles. The van der Waals surface area contributed by atoms with Crippen LogP contribution in [-0.2, 0) is 11.3 Å². The van der Waals surface area contributed by atoms with E-state index in [-0.39, 0.29) is 18.3 Å². The largest absolute Gasteiger partial charge is 0.439 e. The fourth-order valence-corrected chi connectivity index (χ4v) is 2.29. The molecule has 0 fully saturated rings. The van der Waals surface area contributed by atoms with Crippen molar-refractivity contribution in [3.05, 3.63) is 60.2 Å². The molecule has 1 amide bonds. The van der Waals surface area contributed by atoms with Crippen molar-refractivity contribution in [3.8, 4) is 0 Å². The second kappa shape index (κ2) is 6.58. The third-order valence-electron chi connectivity index (χ3n) is 3.27. The molecule has 0 atom stereocenters. The van der Waals surface area contributed by atoms with Crippen molar-refractivity contribution in [1.29, 1.82) is 0 Å². The summed E-state index contributed by atoms with van der Waals surface area (Å²) < 4.78 is 18.7. The Morgan fingerprint density at radius 1 is 1.26 bits per heavy atom. The summed E-state index contributed by atoms with van der Waals surface area (Å²) in [7, 11) is 1.79. The Balaban J connectivity index is 1.58. The molecule has 0 unspecified atom stereocenters. The van der Waals surface area contributed by atoms with Gasteiger partial charge < -0.3 is 9.73 Å². The minimum Gasteiger partial charge on any atom is -0.439 e. The fourth-order valence-electron chi connectivity index (χ4n) is 2.29. The number of anilines is 1. The first kappa shape index (κ1) is 15.2. The molecule has 0 saturated carbocycles. The van der Waals surface area contributed by atoms with Crippen molar-refractivity contribution < 1.29 is 13.6 Å². The molecule has 2 aromatic carbocycles. The lowest BCUT2D eigenvalue weighted by molar-refractivity contribution is -0.117. The lowest BCUT2D eigenvalue weighted by atomic mass is 10.3. The van der Waals surface area contributed by atoms with E-state index < -0.39 is 0 Å². The molecule has 0 aliphatic rings. The molecule has 118 valence electrons. The Labute approximate surface area is 132 Å². The van der Waals surface area contributed by atoms with Gasteiger partial charge in [-0.2, -0.15) is 0 Å². The van der Waals surface area contributed by atoms with Crippen molar-refractivity contribution in [2.24, 2.45) is 0 Å². The Hall–Kier alpha value is -2.73. The quantitative estimate of drug-likeness (QED) is 0.786. The number of rotatable bonds is 5. The first-order valence-electron chi connectivity index (χ1n) is 7.18. The smallest absolute Gasteiger partial charge is 0.238 e. The lowest BCUT2D eigenvalue weighted by Crippen LogP contribution is -2.29. The summed E-state index contributed by atoms with van der Waals surface area (Å²) in [5.74, 6) is -0.0657. The van der Waals surface area contributed by atoms with Crippen LogP contribution in [0, 0.1) is 5.82 Å². The molecule has 0 radical (unpaired) electrons. The van der Waals surface area contributed by atoms with Crippen molar-refractivity contribution in [2.75, 3.05) is 18.9 Å². The zero-order valence-electron chi connectivity index (χ0n) is 12.6. The highest BCUT2D eigenvalue weighted by atomic mass is 19.1. The van der Waals surface area contributed by atoms with Crippen molar-refractivity contribution in [2.45, 2.75) is 6.54 Å². The van der Waals surface area contributed by atoms with Gasteiger partial charge in [-0.3, -0.25) is 9.69 Å². The molecular formula is C17H16FN3O2. The van der Waals surface area contributed by atoms with Crippen molar-refractivity contribution in [3.63, 3.8) is 0 Å². The zero-order chi connectivity index (χ0) is 16.2. The van der Waals surface area contributed by atoms with Gasteiger partial charge in [-0.05, 0) is 37.4 Å². The number of carbonyl (C=O) groups excluding carboxylic acids is 1. The first-order valence-corrected chi connectivity index (χ1v) is 7.18. The second-order valence-corrected chi connectivity index (χ2v) is 5.31. The van der Waals surface area contributed by atoms with Gasteiger partial charge in [-0.25, -0.2) is 9.37 Å². The van der Waals surface area contributed by atoms with Crippen LogP contribution in [0.5, 0.6) is 0 Å². The summed E-state index contributed by atoms with van der Waals surface area (Å²) in [6, 6.07) is 13.3. The maximum absolute atomic E-state index is 13.1. The summed E-state index contributed by atoms with van der Waals surface area (Å²) >= 11 is 0. The number of nitrogens with one attached hydrogen (secondary N) is 1. The molecule has 0 aliphatic heterocycles. The number of para-hydroxylation sites is 2. The van der Waals surface area contributed by atoms with E-state index in [9.17, 15) is 9.18 Å². The van der Waals surface area contributed by atoms with Crippen molar-refractivity contribution in [1.82, 2.24) is 9.88 Å². The van der Waals surface area contributed by atoms with E-state index in [1.165, 1.54) is 12.1 Å². The van der Waals surface area contributed by atoms with Gasteiger partial charge in [0.25, 0.3) is 0 Å². The molecule has 0 aliphatic carbocycles. The second-order valence-electron chi connectivity index (χ2n) is 5.31. The highest BCUT2D eigenvalue weighted by Gasteiger charge is 2.11. The molecule has 1 aromatic heterocycles. The van der Waals surface area contributed by atoms with E-state index in [4.69, 9.17) is 4.42 Å². The van der Waals surface area contributed by atoms with Gasteiger partial charge in [0, 0.05) is 5.69 Å². The first-order chi connectivity index (χ1) is 11.1. The average Bonchev–Trinajstić information content (AvgIpc) is 2.88. The summed E-state index contributed by atoms with van der Waals surface area (Å²) in [6.07, 6.45) is 0. The molecule has 23 heavy (non-hydrogen) atoms. The van der Waals surface area contributed by atoms with Crippen LogP contribution in [0.4, 0.5) is 10.1 Å². The van der Waals surface area contributed by atoms with Gasteiger partial charge in [0.05, 0.1) is 13.1 Å². The average molecular weight is 313 g/mol. The number of benzene rings is 2. The maximum atomic E-state index is 13.1. The van der Waals surface area contributed by atoms with Crippen LogP contribution in [0.2, 0.25) is 0 Å². The van der Waals surface area contributed by atoms with Crippen LogP contribution in [-0.4, -0.2) is 29.4 Å². The monoisotopic (exact) mass is 313 g/mol. The Bertz CT molecular complexity index is 798. The van der Waals surface area contributed by atoms with Gasteiger partial charge in [0.15, 0.2) is 5.58 Å². The fraction of sp³-hybridized carbons (Fsp3) is 0.176. The number of hydrogen-bond acceptors (Lipinski definition) is 4. The number of oxazole rings is 1. The predicted octanol–water partition coefficient (Wildman–Crippen LogP) is 3.04. The normalized spacial score (nSPS) is 11.1. The topological polar surface area (TPSA) is 58.4 Å². The number of likely N-dealkylation sites (N-methyl/N-ethyl adjacent to an activating group) is 1. The van der Waals surface area contributed by atoms with Crippen LogP contribution in [0.15, 0.2) is 52.9 Å². The molecular weight excluding hydrogens is 297 g/mol. The van der Waals surface area contributed by atoms with Crippen LogP contribution < -0.4 is 5.32 Å². The maximum Gasteiger partial charge on any atom is 0.238 e. The van der Waals surface area contributed by atoms with Crippen LogP contribution in [0.25, 0.3) is 11.1 Å². The highest BCUT2D eigenvalue weighted by Crippen LogP contribution is 2.15. The Morgan fingerprint density at radius 3 is 2.87 bits per heavy atom. The molecule has 0 saturated heterocycles. The number of nitrogens with zero attached hydrogens (tertiary/aromatic N) is 2. The molecule has 3 aromatic rings. The van der Waals surface area contributed by atoms with E-state index in [2.05, 4.69) is 10.3 Å². The molecule has 5 nitrogen and oxygen atoms in total. The SMILES string of the molecule is CN(CC(=O)Nc1cccc(F)c1)Cc1nc2ccccc2o1. The Kier molecular flexibility index (Phi) is 4.34. The summed E-state index contributed by atoms with van der Waals surface area (Å²) in [5, 5.41) is 2.65. The zero-order valence-corrected chi connectivity index (χ0v) is 12.6. The van der Waals surface area contributed by atoms with Crippen LogP contribution in [0.3, 0.4) is 0 Å². The van der Waals surface area contributed by atoms with Gasteiger partial charge in [-0.1, -0.05) is 18.2 Å². The van der Waals surface area contributed by atoms with Gasteiger partial charge in [0.2, 0.25) is 11.8 Å². The molecule has 3 rings (SSSR count). The van der Waals surface area contributed by atoms with Crippen LogP contribution in [0.1, 0.15) is 5.89 Å². The van der Waals surface area contributed by atoms with Crippen molar-refractivity contribution >= 4 is 22.7 Å². The van der Waals surface area contributed by atoms with E-state index in [0.29, 0.717) is 18.1 Å². The number of carbonyl (C=O) groups is 1. The highest BCUT2D eigenvalue weighted by molar-refractivity contribution is 5.92. The molecule has 1 N–H and O–H groups in total. The number of fused-ring (bicyclic) bond motifs is 1. The predicted molar refractivity (Wildman–Crippen MR) is 85.4 cm³/mol. The van der Waals surface area contributed by atoms with Crippen LogP contribution >= 0.6 is 0 Å². The van der Waals surface area contributed by atoms with Gasteiger partial charge >= 0.3 is 0 Å². The third kappa shape index (κ3) is 3.92. The van der Waals surface area contributed by atoms with E-state index in [0.717, 1.165) is 11.1 Å². The number of amides is 1. The third-order valence-corrected chi connectivity index (χ3v) is 3.27. The standard InChI is InChI=1S/C17H16FN3O2/c1-21(10-16(22)19-13-6-4-5-12(18)9-13)11-17-20-14-7-2-3-8-15(14)23-17/h2-9H,10-11H2,1H3,(H,19,22). The molecule has 0 spiro atoms. The summed E-state index contributed by atoms with van der Waals surface area (Å²) in [4.78, 5) is 18.1. The molecule has 6 heteroatoms. The number of hydrogen-bond donors (Lipinski definition) is 1. The van der Waals surface area contributed by atoms with E-state index in [1.807, 2.05) is 24.3 Å². The van der Waals surface area contributed by atoms with E-state index in [1.54, 1.807) is 24.1 Å². The summed E-state index contributed by atoms with van der Waals surface area (Å²) in [6.45, 7) is 0.556. The lowest BCUT2D eigenvalue weighted by Gasteiger charge is -2.14. The summed E-state index contributed by atoms with van der Waals surface area (Å²) in [5.41, 5.74) is 1.95. The molecule has 0 bridgehead atoms. The minimum atomic E-state index is -0.386. The minimum absolute atomic E-state index is 0.148. The number of aromatic nitrogens is 1.